The first-order chi connectivity index (χ1) is 19.0. The van der Waals surface area contributed by atoms with Gasteiger partial charge in [0.15, 0.2) is 0 Å². The minimum absolute atomic E-state index is 0. The number of benzene rings is 1. The van der Waals surface area contributed by atoms with Crippen molar-refractivity contribution in [2.75, 3.05) is 0 Å². The molecule has 5 rings (SSSR count). The summed E-state index contributed by atoms with van der Waals surface area (Å²) >= 11 is 0. The summed E-state index contributed by atoms with van der Waals surface area (Å²) in [5.41, 5.74) is 7.30. The van der Waals surface area contributed by atoms with Crippen molar-refractivity contribution < 1.29 is 17.1 Å². The van der Waals surface area contributed by atoms with Crippen LogP contribution in [0.5, 0.6) is 0 Å². The van der Waals surface area contributed by atoms with Crippen LogP contribution in [0.3, 0.4) is 0 Å². The molecule has 1 atom stereocenters. The third-order valence-corrected chi connectivity index (χ3v) is 12.0. The molecule has 0 saturated heterocycles. The van der Waals surface area contributed by atoms with E-state index < -0.39 is 5.16 Å². The summed E-state index contributed by atoms with van der Waals surface area (Å²) < 4.78 is 0. The molecule has 5 aromatic rings. The van der Waals surface area contributed by atoms with E-state index in [0.29, 0.717) is 0 Å². The molecule has 0 N–H and O–H groups in total. The molecule has 0 spiro atoms. The van der Waals surface area contributed by atoms with Crippen molar-refractivity contribution in [2.24, 2.45) is 0 Å². The van der Waals surface area contributed by atoms with Gasteiger partial charge in [-0.2, -0.15) is 18.2 Å². The van der Waals surface area contributed by atoms with E-state index in [-0.39, 0.29) is 35.3 Å². The van der Waals surface area contributed by atoms with Crippen LogP contribution >= 0.6 is 17.2 Å². The SMILES string of the molecule is CC(C)(C)P(C[c-]1cccc1C(P)(c1ccccn1)c1ccccn1)C(C)(C)C.[Fe].c1ccc(-[c-]2[cH-][cH-][cH-][cH-]2)cc1. The van der Waals surface area contributed by atoms with E-state index in [0.717, 1.165) is 17.5 Å². The fourth-order valence-electron chi connectivity index (χ4n) is 5.43. The van der Waals surface area contributed by atoms with Crippen molar-refractivity contribution in [3.8, 4) is 11.1 Å². The fraction of sp³-hybridized carbons (Fsp3) is 0.278. The number of nitrogens with zero attached hydrogens (tertiary/aromatic N) is 2. The van der Waals surface area contributed by atoms with Crippen molar-refractivity contribution in [1.29, 1.82) is 0 Å². The van der Waals surface area contributed by atoms with Gasteiger partial charge in [0, 0.05) is 29.5 Å². The summed E-state index contributed by atoms with van der Waals surface area (Å²) in [7, 11) is 2.84. The largest absolute Gasteiger partial charge is 0.642 e. The second-order valence-electron chi connectivity index (χ2n) is 12.2. The Kier molecular flexibility index (Phi) is 11.4. The molecule has 2 nitrogen and oxygen atoms in total. The molecule has 0 saturated carbocycles. The molecule has 0 aliphatic carbocycles. The number of hydrogen-bond donors (Lipinski definition) is 0. The van der Waals surface area contributed by atoms with Crippen LogP contribution in [0.25, 0.3) is 11.1 Å². The van der Waals surface area contributed by atoms with Gasteiger partial charge in [-0.3, -0.25) is 9.97 Å². The molecule has 2 heterocycles. The number of hydrogen-bond acceptors (Lipinski definition) is 2. The van der Waals surface area contributed by atoms with Gasteiger partial charge < -0.3 is 47.5 Å². The van der Waals surface area contributed by atoms with Gasteiger partial charge in [0.05, 0.1) is 16.5 Å². The van der Waals surface area contributed by atoms with Gasteiger partial charge in [-0.05, 0) is 34.6 Å². The summed E-state index contributed by atoms with van der Waals surface area (Å²) in [6.07, 6.45) is 4.84. The predicted octanol–water partition coefficient (Wildman–Crippen LogP) is 10.0. The zero-order valence-corrected chi connectivity index (χ0v) is 28.2. The number of pyridine rings is 2. The van der Waals surface area contributed by atoms with E-state index in [1.54, 1.807) is 0 Å². The summed E-state index contributed by atoms with van der Waals surface area (Å²) in [5, 5.41) is 0.0987. The molecule has 0 aliphatic heterocycles. The number of aromatic nitrogens is 2. The van der Waals surface area contributed by atoms with E-state index in [9.17, 15) is 0 Å². The second kappa shape index (κ2) is 14.2. The molecule has 0 bridgehead atoms. The standard InChI is InChI=1S/C25H33N2P2.C11H9.Fe/c1-23(2,3)29(24(4,5)6)18-19-12-11-13-20(19)25(28,21-14-7-9-16-26-21)22-15-8-10-17-27-22;1-2-6-10(7-3-1)11-8-4-5-9-11;/h7-17H,18,28H2,1-6H3;1-9H;/q-1;-5;. The van der Waals surface area contributed by atoms with Crippen LogP contribution in [0.15, 0.2) is 122 Å². The van der Waals surface area contributed by atoms with Crippen molar-refractivity contribution in [2.45, 2.75) is 63.2 Å². The van der Waals surface area contributed by atoms with Crippen molar-refractivity contribution in [1.82, 2.24) is 9.97 Å². The molecule has 0 fully saturated rings. The van der Waals surface area contributed by atoms with Crippen LogP contribution in [0.4, 0.5) is 0 Å². The van der Waals surface area contributed by atoms with E-state index in [2.05, 4.69) is 142 Å². The van der Waals surface area contributed by atoms with Crippen molar-refractivity contribution in [3.63, 3.8) is 0 Å². The minimum Gasteiger partial charge on any atom is -0.642 e. The average molecular weight is 621 g/mol. The first-order valence-electron chi connectivity index (χ1n) is 13.9. The van der Waals surface area contributed by atoms with E-state index in [1.807, 2.05) is 30.6 Å². The van der Waals surface area contributed by atoms with Gasteiger partial charge in [0.1, 0.15) is 0 Å². The van der Waals surface area contributed by atoms with Crippen molar-refractivity contribution in [3.05, 3.63) is 144 Å². The summed E-state index contributed by atoms with van der Waals surface area (Å²) in [4.78, 5) is 9.49. The molecule has 5 heteroatoms. The Bertz CT molecular complexity index is 1380. The molecule has 220 valence electrons. The molecule has 0 radical (unpaired) electrons. The Labute approximate surface area is 261 Å². The Morgan fingerprint density at radius 1 is 0.707 bits per heavy atom. The Morgan fingerprint density at radius 3 is 1.68 bits per heavy atom. The molecule has 0 aliphatic rings. The third kappa shape index (κ3) is 8.12. The van der Waals surface area contributed by atoms with Crippen LogP contribution in [0.1, 0.15) is 64.1 Å². The van der Waals surface area contributed by atoms with E-state index >= 15 is 0 Å². The maximum atomic E-state index is 4.75. The Hall–Kier alpha value is -2.40. The van der Waals surface area contributed by atoms with Crippen LogP contribution in [-0.2, 0) is 28.4 Å². The molecule has 0 amide bonds. The topological polar surface area (TPSA) is 25.8 Å². The maximum absolute atomic E-state index is 4.75. The van der Waals surface area contributed by atoms with E-state index in [1.165, 1.54) is 22.3 Å². The Morgan fingerprint density at radius 2 is 1.22 bits per heavy atom. The molecular formula is C36H42FeN2P2-6. The van der Waals surface area contributed by atoms with Crippen molar-refractivity contribution >= 4 is 17.2 Å². The number of rotatable bonds is 6. The van der Waals surface area contributed by atoms with Gasteiger partial charge in [-0.15, -0.1) is 34.4 Å². The molecular weight excluding hydrogens is 578 g/mol. The first-order valence-corrected chi connectivity index (χ1v) is 16.0. The minimum atomic E-state index is -0.460. The van der Waals surface area contributed by atoms with Gasteiger partial charge in [-0.25, -0.2) is 12.1 Å². The van der Waals surface area contributed by atoms with E-state index in [4.69, 9.17) is 9.97 Å². The van der Waals surface area contributed by atoms with Gasteiger partial charge in [0.25, 0.3) is 0 Å². The monoisotopic (exact) mass is 620 g/mol. The smallest absolute Gasteiger partial charge is 0.0709 e. The fourth-order valence-corrected chi connectivity index (χ4v) is 9.63. The van der Waals surface area contributed by atoms with Crippen LogP contribution in [0.2, 0.25) is 0 Å². The average Bonchev–Trinajstić information content (AvgIpc) is 3.65. The second-order valence-corrected chi connectivity index (χ2v) is 16.9. The normalized spacial score (nSPS) is 11.9. The third-order valence-electron chi connectivity index (χ3n) is 7.19. The van der Waals surface area contributed by atoms with Gasteiger partial charge in [-0.1, -0.05) is 59.8 Å². The van der Waals surface area contributed by atoms with Crippen LogP contribution in [-0.4, -0.2) is 20.3 Å². The summed E-state index contributed by atoms with van der Waals surface area (Å²) in [5.74, 6) is 0. The summed E-state index contributed by atoms with van der Waals surface area (Å²) in [6.45, 7) is 14.3. The first kappa shape index (κ1) is 33.1. The zero-order chi connectivity index (χ0) is 28.8. The van der Waals surface area contributed by atoms with Crippen LogP contribution in [0, 0.1) is 0 Å². The quantitative estimate of drug-likeness (QED) is 0.107. The molecule has 1 unspecified atom stereocenters. The van der Waals surface area contributed by atoms with Gasteiger partial charge in [0.2, 0.25) is 0 Å². The Balaban J connectivity index is 0.000000321. The predicted molar refractivity (Wildman–Crippen MR) is 178 cm³/mol. The molecule has 3 aromatic carbocycles. The van der Waals surface area contributed by atoms with Crippen LogP contribution < -0.4 is 0 Å². The molecule has 41 heavy (non-hydrogen) atoms. The molecule has 2 aromatic heterocycles. The zero-order valence-electron chi connectivity index (χ0n) is 25.0. The summed E-state index contributed by atoms with van der Waals surface area (Å²) in [6, 6.07) is 37.8. The maximum Gasteiger partial charge on any atom is 0.0709 e. The van der Waals surface area contributed by atoms with Gasteiger partial charge >= 0.3 is 0 Å².